The smallest absolute Gasteiger partial charge is 0.224 e. The van der Waals surface area contributed by atoms with Gasteiger partial charge in [-0.25, -0.2) is 0 Å². The second-order valence-electron chi connectivity index (χ2n) is 5.93. The number of rotatable bonds is 8. The van der Waals surface area contributed by atoms with Gasteiger partial charge in [0.1, 0.15) is 0 Å². The average Bonchev–Trinajstić information content (AvgIpc) is 2.88. The van der Waals surface area contributed by atoms with Gasteiger partial charge in [-0.05, 0) is 17.5 Å². The van der Waals surface area contributed by atoms with E-state index in [9.17, 15) is 9.90 Å². The zero-order valence-corrected chi connectivity index (χ0v) is 13.1. The molecule has 1 heterocycles. The van der Waals surface area contributed by atoms with Crippen LogP contribution in [0.15, 0.2) is 30.5 Å². The van der Waals surface area contributed by atoms with E-state index in [-0.39, 0.29) is 19.1 Å². The molecular formula is C17H24N2O3. The largest absolute Gasteiger partial charge is 0.389 e. The fraction of sp³-hybridized carbons (Fsp3) is 0.471. The van der Waals surface area contributed by atoms with Crippen LogP contribution < -0.4 is 5.32 Å². The highest BCUT2D eigenvalue weighted by molar-refractivity contribution is 5.88. The van der Waals surface area contributed by atoms with Crippen molar-refractivity contribution in [3.63, 3.8) is 0 Å². The van der Waals surface area contributed by atoms with E-state index in [1.165, 1.54) is 0 Å². The van der Waals surface area contributed by atoms with Crippen LogP contribution in [0.3, 0.4) is 0 Å². The van der Waals surface area contributed by atoms with Crippen molar-refractivity contribution in [2.75, 3.05) is 19.8 Å². The molecule has 5 heteroatoms. The summed E-state index contributed by atoms with van der Waals surface area (Å²) in [5.41, 5.74) is 1.98. The second kappa shape index (κ2) is 7.96. The van der Waals surface area contributed by atoms with E-state index < -0.39 is 6.10 Å². The fourth-order valence-electron chi connectivity index (χ4n) is 2.24. The van der Waals surface area contributed by atoms with Crippen LogP contribution in [0.5, 0.6) is 0 Å². The highest BCUT2D eigenvalue weighted by atomic mass is 16.5. The van der Waals surface area contributed by atoms with Gasteiger partial charge >= 0.3 is 0 Å². The van der Waals surface area contributed by atoms with Crippen molar-refractivity contribution < 1.29 is 14.6 Å². The SMILES string of the molecule is CC(C)COCC(O)CNC(=O)Cc1c[nH]c2ccccc12. The number of aliphatic hydroxyl groups excluding tert-OH is 1. The van der Waals surface area contributed by atoms with Crippen LogP contribution in [0.4, 0.5) is 0 Å². The summed E-state index contributed by atoms with van der Waals surface area (Å²) >= 11 is 0. The maximum atomic E-state index is 12.0. The van der Waals surface area contributed by atoms with Gasteiger partial charge in [0, 0.05) is 30.3 Å². The van der Waals surface area contributed by atoms with Crippen LogP contribution in [0.1, 0.15) is 19.4 Å². The molecule has 1 unspecified atom stereocenters. The number of amides is 1. The van der Waals surface area contributed by atoms with Gasteiger partial charge in [0.2, 0.25) is 5.91 Å². The number of benzene rings is 1. The van der Waals surface area contributed by atoms with Gasteiger partial charge in [0.05, 0.1) is 19.1 Å². The Bertz CT molecular complexity index is 607. The molecule has 1 atom stereocenters. The van der Waals surface area contributed by atoms with Crippen LogP contribution in [0.2, 0.25) is 0 Å². The van der Waals surface area contributed by atoms with E-state index in [2.05, 4.69) is 24.1 Å². The molecule has 0 aliphatic carbocycles. The van der Waals surface area contributed by atoms with E-state index in [1.54, 1.807) is 0 Å². The first-order valence-corrected chi connectivity index (χ1v) is 7.63. The molecule has 120 valence electrons. The van der Waals surface area contributed by atoms with E-state index >= 15 is 0 Å². The lowest BCUT2D eigenvalue weighted by Gasteiger charge is -2.13. The number of fused-ring (bicyclic) bond motifs is 1. The molecule has 0 radical (unpaired) electrons. The summed E-state index contributed by atoms with van der Waals surface area (Å²) in [5.74, 6) is 0.330. The molecule has 0 bridgehead atoms. The third kappa shape index (κ3) is 4.86. The van der Waals surface area contributed by atoms with Crippen molar-refractivity contribution in [3.8, 4) is 0 Å². The molecule has 3 N–H and O–H groups in total. The van der Waals surface area contributed by atoms with Gasteiger partial charge in [-0.3, -0.25) is 4.79 Å². The lowest BCUT2D eigenvalue weighted by molar-refractivity contribution is -0.121. The topological polar surface area (TPSA) is 74.3 Å². The minimum absolute atomic E-state index is 0.104. The summed E-state index contributed by atoms with van der Waals surface area (Å²) in [6, 6.07) is 7.87. The van der Waals surface area contributed by atoms with Crippen LogP contribution in [-0.2, 0) is 16.0 Å². The number of hydrogen-bond donors (Lipinski definition) is 3. The first-order chi connectivity index (χ1) is 10.6. The number of hydrogen-bond acceptors (Lipinski definition) is 3. The Balaban J connectivity index is 1.76. The summed E-state index contributed by atoms with van der Waals surface area (Å²) in [5, 5.41) is 13.6. The number of carbonyl (C=O) groups is 1. The molecule has 5 nitrogen and oxygen atoms in total. The van der Waals surface area contributed by atoms with Gasteiger partial charge in [-0.1, -0.05) is 32.0 Å². The molecule has 0 saturated heterocycles. The van der Waals surface area contributed by atoms with Crippen LogP contribution in [-0.4, -0.2) is 41.9 Å². The van der Waals surface area contributed by atoms with Crippen molar-refractivity contribution in [3.05, 3.63) is 36.0 Å². The van der Waals surface area contributed by atoms with Gasteiger partial charge in [-0.2, -0.15) is 0 Å². The molecule has 0 aliphatic heterocycles. The Hall–Kier alpha value is -1.85. The second-order valence-corrected chi connectivity index (χ2v) is 5.93. The van der Waals surface area contributed by atoms with Crippen molar-refractivity contribution in [2.24, 2.45) is 5.92 Å². The number of nitrogens with one attached hydrogen (secondary N) is 2. The molecule has 0 saturated carbocycles. The summed E-state index contributed by atoms with van der Waals surface area (Å²) in [4.78, 5) is 15.1. The Kier molecular flexibility index (Phi) is 5.98. The molecule has 0 spiro atoms. The molecule has 1 aromatic heterocycles. The first-order valence-electron chi connectivity index (χ1n) is 7.63. The Labute approximate surface area is 130 Å². The predicted molar refractivity (Wildman–Crippen MR) is 86.7 cm³/mol. The van der Waals surface area contributed by atoms with E-state index in [0.717, 1.165) is 16.5 Å². The minimum atomic E-state index is -0.675. The van der Waals surface area contributed by atoms with E-state index in [0.29, 0.717) is 18.9 Å². The van der Waals surface area contributed by atoms with E-state index in [1.807, 2.05) is 30.5 Å². The molecule has 0 aliphatic rings. The molecular weight excluding hydrogens is 280 g/mol. The lowest BCUT2D eigenvalue weighted by atomic mass is 10.1. The van der Waals surface area contributed by atoms with Crippen LogP contribution >= 0.6 is 0 Å². The molecule has 2 aromatic rings. The quantitative estimate of drug-likeness (QED) is 0.697. The van der Waals surface area contributed by atoms with Crippen molar-refractivity contribution in [1.82, 2.24) is 10.3 Å². The Morgan fingerprint density at radius 2 is 2.09 bits per heavy atom. The number of para-hydroxylation sites is 1. The summed E-state index contributed by atoms with van der Waals surface area (Å²) in [7, 11) is 0. The van der Waals surface area contributed by atoms with Gasteiger partial charge in [-0.15, -0.1) is 0 Å². The van der Waals surface area contributed by atoms with Crippen molar-refractivity contribution in [2.45, 2.75) is 26.4 Å². The number of carbonyl (C=O) groups excluding carboxylic acids is 1. The number of aliphatic hydroxyl groups is 1. The number of aromatic amines is 1. The lowest BCUT2D eigenvalue weighted by Crippen LogP contribution is -2.35. The summed E-state index contributed by atoms with van der Waals surface area (Å²) in [6.07, 6.45) is 1.47. The fourth-order valence-corrected chi connectivity index (χ4v) is 2.24. The summed E-state index contributed by atoms with van der Waals surface area (Å²) in [6.45, 7) is 5.16. The predicted octanol–water partition coefficient (Wildman–Crippen LogP) is 1.86. The maximum Gasteiger partial charge on any atom is 0.224 e. The molecule has 22 heavy (non-hydrogen) atoms. The van der Waals surface area contributed by atoms with Gasteiger partial charge in [0.25, 0.3) is 0 Å². The van der Waals surface area contributed by atoms with Gasteiger partial charge < -0.3 is 20.1 Å². The Morgan fingerprint density at radius 1 is 1.32 bits per heavy atom. The zero-order chi connectivity index (χ0) is 15.9. The standard InChI is InChI=1S/C17H24N2O3/c1-12(2)10-22-11-14(20)9-19-17(21)7-13-8-18-16-6-4-3-5-15(13)16/h3-6,8,12,14,18,20H,7,9-11H2,1-2H3,(H,19,21). The van der Waals surface area contributed by atoms with Crippen molar-refractivity contribution in [1.29, 1.82) is 0 Å². The van der Waals surface area contributed by atoms with Crippen LogP contribution in [0.25, 0.3) is 10.9 Å². The molecule has 2 rings (SSSR count). The molecule has 0 fully saturated rings. The normalized spacial score (nSPS) is 12.7. The number of aromatic nitrogens is 1. The molecule has 1 amide bonds. The first kappa shape index (κ1) is 16.5. The van der Waals surface area contributed by atoms with E-state index in [4.69, 9.17) is 4.74 Å². The maximum absolute atomic E-state index is 12.0. The minimum Gasteiger partial charge on any atom is -0.389 e. The third-order valence-electron chi connectivity index (χ3n) is 3.32. The zero-order valence-electron chi connectivity index (χ0n) is 13.1. The van der Waals surface area contributed by atoms with Gasteiger partial charge in [0.15, 0.2) is 0 Å². The van der Waals surface area contributed by atoms with Crippen molar-refractivity contribution >= 4 is 16.8 Å². The highest BCUT2D eigenvalue weighted by Crippen LogP contribution is 2.17. The Morgan fingerprint density at radius 3 is 2.86 bits per heavy atom. The van der Waals surface area contributed by atoms with Crippen LogP contribution in [0, 0.1) is 5.92 Å². The monoisotopic (exact) mass is 304 g/mol. The highest BCUT2D eigenvalue weighted by Gasteiger charge is 2.11. The number of H-pyrrole nitrogens is 1. The molecule has 1 aromatic carbocycles. The summed E-state index contributed by atoms with van der Waals surface area (Å²) < 4.78 is 5.35. The number of ether oxygens (including phenoxy) is 1. The third-order valence-corrected chi connectivity index (χ3v) is 3.32. The average molecular weight is 304 g/mol.